The van der Waals surface area contributed by atoms with E-state index < -0.39 is 5.41 Å². The summed E-state index contributed by atoms with van der Waals surface area (Å²) in [4.78, 5) is 34.2. The zero-order valence-electron chi connectivity index (χ0n) is 18.6. The summed E-state index contributed by atoms with van der Waals surface area (Å²) in [6.45, 7) is 2.80. The van der Waals surface area contributed by atoms with Crippen LogP contribution in [-0.4, -0.2) is 59.4 Å². The summed E-state index contributed by atoms with van der Waals surface area (Å²) in [5.41, 5.74) is -0.178. The molecule has 0 unspecified atom stereocenters. The van der Waals surface area contributed by atoms with Crippen LogP contribution in [0.25, 0.3) is 0 Å². The molecular formula is C25H29ClFN3O3. The Balaban J connectivity index is 1.54. The number of benzene rings is 1. The number of halogens is 2. The van der Waals surface area contributed by atoms with Gasteiger partial charge in [0.15, 0.2) is 0 Å². The first kappa shape index (κ1) is 23.5. The van der Waals surface area contributed by atoms with Gasteiger partial charge in [-0.15, -0.1) is 0 Å². The molecule has 4 rings (SSSR count). The Morgan fingerprint density at radius 1 is 1.03 bits per heavy atom. The zero-order valence-corrected chi connectivity index (χ0v) is 19.4. The quantitative estimate of drug-likeness (QED) is 0.576. The number of likely N-dealkylation sites (tertiary alicyclic amines) is 2. The van der Waals surface area contributed by atoms with Crippen LogP contribution in [0.4, 0.5) is 4.39 Å². The first-order valence-electron chi connectivity index (χ1n) is 11.5. The summed E-state index contributed by atoms with van der Waals surface area (Å²) < 4.78 is 19.3. The van der Waals surface area contributed by atoms with Gasteiger partial charge < -0.3 is 14.5 Å². The molecule has 8 heteroatoms. The lowest BCUT2D eigenvalue weighted by atomic mass is 9.77. The zero-order chi connectivity index (χ0) is 23.3. The van der Waals surface area contributed by atoms with E-state index in [4.69, 9.17) is 16.3 Å². The van der Waals surface area contributed by atoms with Crippen molar-refractivity contribution >= 4 is 23.4 Å². The van der Waals surface area contributed by atoms with Gasteiger partial charge in [-0.2, -0.15) is 0 Å². The number of ether oxygens (including phenoxy) is 1. The number of aromatic nitrogens is 1. The standard InChI is InChI=1S/C25H29ClFN3O3/c26-23-21(6-4-12-28-23)24(32)30-15-5-11-25(17-30,16-22(31)29-13-2-1-3-14-29)18-33-20-9-7-19(27)8-10-20/h4,6-10,12H,1-3,5,11,13-18H2/t25-/m0/s1. The van der Waals surface area contributed by atoms with Crippen molar-refractivity contribution in [3.8, 4) is 5.75 Å². The van der Waals surface area contributed by atoms with Gasteiger partial charge in [-0.3, -0.25) is 9.59 Å². The molecular weight excluding hydrogens is 445 g/mol. The number of pyridine rings is 1. The molecule has 2 aliphatic rings. The molecule has 6 nitrogen and oxygen atoms in total. The number of nitrogens with zero attached hydrogens (tertiary/aromatic N) is 3. The van der Waals surface area contributed by atoms with Crippen LogP contribution in [-0.2, 0) is 4.79 Å². The Bertz CT molecular complexity index is 981. The van der Waals surface area contributed by atoms with E-state index in [0.717, 1.165) is 45.2 Å². The molecule has 0 aliphatic carbocycles. The van der Waals surface area contributed by atoms with Crippen LogP contribution < -0.4 is 4.74 Å². The molecule has 33 heavy (non-hydrogen) atoms. The minimum Gasteiger partial charge on any atom is -0.493 e. The second-order valence-electron chi connectivity index (χ2n) is 9.03. The van der Waals surface area contributed by atoms with Crippen LogP contribution in [0.5, 0.6) is 5.75 Å². The number of hydrogen-bond acceptors (Lipinski definition) is 4. The third-order valence-electron chi connectivity index (χ3n) is 6.53. The van der Waals surface area contributed by atoms with E-state index in [0.29, 0.717) is 30.8 Å². The molecule has 2 fully saturated rings. The third kappa shape index (κ3) is 5.82. The summed E-state index contributed by atoms with van der Waals surface area (Å²) in [7, 11) is 0. The average Bonchev–Trinajstić information content (AvgIpc) is 2.84. The van der Waals surface area contributed by atoms with Crippen molar-refractivity contribution in [2.24, 2.45) is 5.41 Å². The molecule has 176 valence electrons. The van der Waals surface area contributed by atoms with Gasteiger partial charge in [0, 0.05) is 44.2 Å². The van der Waals surface area contributed by atoms with Crippen molar-refractivity contribution in [3.05, 3.63) is 59.1 Å². The topological polar surface area (TPSA) is 62.7 Å². The highest BCUT2D eigenvalue weighted by atomic mass is 35.5. The summed E-state index contributed by atoms with van der Waals surface area (Å²) in [5, 5.41) is 0.172. The van der Waals surface area contributed by atoms with Gasteiger partial charge in [0.2, 0.25) is 5.91 Å². The highest BCUT2D eigenvalue weighted by Crippen LogP contribution is 2.36. The predicted octanol–water partition coefficient (Wildman–Crippen LogP) is 4.58. The van der Waals surface area contributed by atoms with Crippen LogP contribution in [0.3, 0.4) is 0 Å². The highest BCUT2D eigenvalue weighted by Gasteiger charge is 2.41. The number of rotatable bonds is 6. The maximum Gasteiger partial charge on any atom is 0.257 e. The van der Waals surface area contributed by atoms with Gasteiger partial charge in [-0.25, -0.2) is 9.37 Å². The van der Waals surface area contributed by atoms with Crippen LogP contribution >= 0.6 is 11.6 Å². The first-order chi connectivity index (χ1) is 16.0. The molecule has 0 N–H and O–H groups in total. The molecule has 2 saturated heterocycles. The Labute approximate surface area is 198 Å². The van der Waals surface area contributed by atoms with Crippen LogP contribution in [0.15, 0.2) is 42.6 Å². The monoisotopic (exact) mass is 473 g/mol. The molecule has 0 spiro atoms. The molecule has 1 aromatic carbocycles. The molecule has 0 saturated carbocycles. The third-order valence-corrected chi connectivity index (χ3v) is 6.83. The maximum atomic E-state index is 13.3. The number of carbonyl (C=O) groups is 2. The SMILES string of the molecule is O=C(C[C@@]1(COc2ccc(F)cc2)CCCN(C(=O)c2cccnc2Cl)C1)N1CCCCC1. The van der Waals surface area contributed by atoms with E-state index in [-0.39, 0.29) is 29.4 Å². The summed E-state index contributed by atoms with van der Waals surface area (Å²) >= 11 is 6.17. The molecule has 2 aliphatic heterocycles. The van der Waals surface area contributed by atoms with Gasteiger partial charge in [0.25, 0.3) is 5.91 Å². The fourth-order valence-corrected chi connectivity index (χ4v) is 4.95. The second-order valence-corrected chi connectivity index (χ2v) is 9.39. The molecule has 1 atom stereocenters. The summed E-state index contributed by atoms with van der Waals surface area (Å²) in [6, 6.07) is 9.22. The first-order valence-corrected chi connectivity index (χ1v) is 11.9. The molecule has 2 amide bonds. The normalized spacial score (nSPS) is 21.0. The van der Waals surface area contributed by atoms with Gasteiger partial charge in [0.1, 0.15) is 16.7 Å². The Kier molecular flexibility index (Phi) is 7.48. The lowest BCUT2D eigenvalue weighted by Crippen LogP contribution is -2.51. The maximum absolute atomic E-state index is 13.3. The lowest BCUT2D eigenvalue weighted by Gasteiger charge is -2.43. The second kappa shape index (κ2) is 10.5. The van der Waals surface area contributed by atoms with Crippen molar-refractivity contribution < 1.29 is 18.7 Å². The van der Waals surface area contributed by atoms with Crippen molar-refractivity contribution in [2.45, 2.75) is 38.5 Å². The van der Waals surface area contributed by atoms with E-state index in [9.17, 15) is 14.0 Å². The Morgan fingerprint density at radius 3 is 2.48 bits per heavy atom. The number of amides is 2. The molecule has 0 radical (unpaired) electrons. The number of hydrogen-bond donors (Lipinski definition) is 0. The van der Waals surface area contributed by atoms with E-state index >= 15 is 0 Å². The predicted molar refractivity (Wildman–Crippen MR) is 124 cm³/mol. The average molecular weight is 474 g/mol. The van der Waals surface area contributed by atoms with E-state index in [1.54, 1.807) is 35.4 Å². The van der Waals surface area contributed by atoms with Crippen LogP contribution in [0, 0.1) is 11.2 Å². The summed E-state index contributed by atoms with van der Waals surface area (Å²) in [6.07, 6.45) is 6.56. The lowest BCUT2D eigenvalue weighted by molar-refractivity contribution is -0.136. The fourth-order valence-electron chi connectivity index (χ4n) is 4.75. The van der Waals surface area contributed by atoms with E-state index in [1.807, 2.05) is 4.90 Å². The Morgan fingerprint density at radius 2 is 1.76 bits per heavy atom. The smallest absolute Gasteiger partial charge is 0.257 e. The molecule has 0 bridgehead atoms. The van der Waals surface area contributed by atoms with E-state index in [1.165, 1.54) is 12.1 Å². The van der Waals surface area contributed by atoms with Crippen molar-refractivity contribution in [1.29, 1.82) is 0 Å². The van der Waals surface area contributed by atoms with Gasteiger partial charge in [-0.05, 0) is 68.5 Å². The van der Waals surface area contributed by atoms with Crippen molar-refractivity contribution in [1.82, 2.24) is 14.8 Å². The van der Waals surface area contributed by atoms with Gasteiger partial charge in [0.05, 0.1) is 12.2 Å². The minimum absolute atomic E-state index is 0.103. The minimum atomic E-state index is -0.536. The van der Waals surface area contributed by atoms with Crippen molar-refractivity contribution in [3.63, 3.8) is 0 Å². The van der Waals surface area contributed by atoms with Crippen LogP contribution in [0.1, 0.15) is 48.9 Å². The van der Waals surface area contributed by atoms with Gasteiger partial charge in [-0.1, -0.05) is 11.6 Å². The fraction of sp³-hybridized carbons (Fsp3) is 0.480. The molecule has 2 aromatic rings. The van der Waals surface area contributed by atoms with E-state index in [2.05, 4.69) is 4.98 Å². The number of piperidine rings is 2. The number of carbonyl (C=O) groups excluding carboxylic acids is 2. The van der Waals surface area contributed by atoms with Crippen molar-refractivity contribution in [2.75, 3.05) is 32.8 Å². The summed E-state index contributed by atoms with van der Waals surface area (Å²) in [5.74, 6) is 0.121. The molecule has 3 heterocycles. The Hall–Kier alpha value is -2.67. The largest absolute Gasteiger partial charge is 0.493 e. The highest BCUT2D eigenvalue weighted by molar-refractivity contribution is 6.32. The molecule has 1 aromatic heterocycles. The van der Waals surface area contributed by atoms with Crippen LogP contribution in [0.2, 0.25) is 5.15 Å². The van der Waals surface area contributed by atoms with Gasteiger partial charge >= 0.3 is 0 Å².